The fourth-order valence-electron chi connectivity index (χ4n) is 1.46. The zero-order chi connectivity index (χ0) is 10.2. The Kier molecular flexibility index (Phi) is 7.35. The molecule has 0 aromatic heterocycles. The lowest BCUT2D eigenvalue weighted by atomic mass is 9.95. The normalized spacial score (nSPS) is 15.7. The minimum Gasteiger partial charge on any atom is -0.390 e. The second-order valence-electron chi connectivity index (χ2n) is 4.37. The third kappa shape index (κ3) is 8.29. The summed E-state index contributed by atoms with van der Waals surface area (Å²) >= 11 is 0. The maximum Gasteiger partial charge on any atom is 0.0617 e. The Labute approximate surface area is 83.5 Å². The Morgan fingerprint density at radius 1 is 0.923 bits per heavy atom. The van der Waals surface area contributed by atoms with Crippen LogP contribution in [0.5, 0.6) is 0 Å². The highest BCUT2D eigenvalue weighted by Gasteiger charge is 2.15. The van der Waals surface area contributed by atoms with Crippen LogP contribution in [0.15, 0.2) is 0 Å². The Bertz CT molecular complexity index is 108. The van der Waals surface area contributed by atoms with E-state index in [2.05, 4.69) is 13.8 Å². The van der Waals surface area contributed by atoms with Crippen molar-refractivity contribution in [3.8, 4) is 0 Å². The Balaban J connectivity index is 3.16. The molecule has 0 aliphatic heterocycles. The van der Waals surface area contributed by atoms with Gasteiger partial charge in [-0.1, -0.05) is 52.4 Å². The van der Waals surface area contributed by atoms with Crippen molar-refractivity contribution in [3.05, 3.63) is 0 Å². The molecule has 0 bridgehead atoms. The third-order valence-electron chi connectivity index (χ3n) is 2.83. The lowest BCUT2D eigenvalue weighted by Crippen LogP contribution is -2.22. The van der Waals surface area contributed by atoms with Crippen molar-refractivity contribution in [2.45, 2.75) is 77.7 Å². The predicted molar refractivity (Wildman–Crippen MR) is 58.9 cm³/mol. The lowest BCUT2D eigenvalue weighted by Gasteiger charge is -2.20. The van der Waals surface area contributed by atoms with Crippen LogP contribution in [0.3, 0.4) is 0 Å². The minimum atomic E-state index is -0.412. The summed E-state index contributed by atoms with van der Waals surface area (Å²) in [7, 11) is 0. The second kappa shape index (κ2) is 7.37. The zero-order valence-electron chi connectivity index (χ0n) is 9.60. The number of rotatable bonds is 8. The van der Waals surface area contributed by atoms with Gasteiger partial charge in [-0.25, -0.2) is 0 Å². The van der Waals surface area contributed by atoms with Crippen molar-refractivity contribution < 1.29 is 5.11 Å². The predicted octanol–water partition coefficient (Wildman–Crippen LogP) is 3.90. The molecule has 1 unspecified atom stereocenters. The highest BCUT2D eigenvalue weighted by Crippen LogP contribution is 2.18. The van der Waals surface area contributed by atoms with Crippen molar-refractivity contribution in [1.29, 1.82) is 0 Å². The first kappa shape index (κ1) is 13.0. The molecule has 0 radical (unpaired) electrons. The highest BCUT2D eigenvalue weighted by molar-refractivity contribution is 4.69. The van der Waals surface area contributed by atoms with E-state index < -0.39 is 5.60 Å². The third-order valence-corrected chi connectivity index (χ3v) is 2.83. The van der Waals surface area contributed by atoms with E-state index in [1.807, 2.05) is 6.92 Å². The van der Waals surface area contributed by atoms with Crippen LogP contribution in [0.25, 0.3) is 0 Å². The van der Waals surface area contributed by atoms with Crippen LogP contribution in [0.1, 0.15) is 72.1 Å². The van der Waals surface area contributed by atoms with Crippen LogP contribution in [-0.4, -0.2) is 10.7 Å². The molecule has 0 heterocycles. The fourth-order valence-corrected chi connectivity index (χ4v) is 1.46. The van der Waals surface area contributed by atoms with Crippen molar-refractivity contribution in [1.82, 2.24) is 0 Å². The van der Waals surface area contributed by atoms with Crippen molar-refractivity contribution in [2.24, 2.45) is 0 Å². The molecule has 13 heavy (non-hydrogen) atoms. The van der Waals surface area contributed by atoms with E-state index in [0.717, 1.165) is 12.8 Å². The molecule has 0 spiro atoms. The van der Waals surface area contributed by atoms with E-state index in [1.54, 1.807) is 0 Å². The number of hydrogen-bond acceptors (Lipinski definition) is 1. The molecule has 1 atom stereocenters. The summed E-state index contributed by atoms with van der Waals surface area (Å²) < 4.78 is 0. The molecule has 80 valence electrons. The van der Waals surface area contributed by atoms with E-state index in [1.165, 1.54) is 38.5 Å². The number of unbranched alkanes of at least 4 members (excludes halogenated alkanes) is 5. The summed E-state index contributed by atoms with van der Waals surface area (Å²) in [5.41, 5.74) is -0.412. The molecule has 0 aliphatic carbocycles. The monoisotopic (exact) mass is 186 g/mol. The van der Waals surface area contributed by atoms with Crippen LogP contribution >= 0.6 is 0 Å². The summed E-state index contributed by atoms with van der Waals surface area (Å²) in [6.45, 7) is 6.23. The number of aliphatic hydroxyl groups is 1. The van der Waals surface area contributed by atoms with Gasteiger partial charge >= 0.3 is 0 Å². The first-order valence-electron chi connectivity index (χ1n) is 5.84. The van der Waals surface area contributed by atoms with Crippen molar-refractivity contribution in [3.63, 3.8) is 0 Å². The van der Waals surface area contributed by atoms with Gasteiger partial charge in [0.15, 0.2) is 0 Å². The van der Waals surface area contributed by atoms with Gasteiger partial charge in [-0.15, -0.1) is 0 Å². The first-order valence-corrected chi connectivity index (χ1v) is 5.84. The van der Waals surface area contributed by atoms with Gasteiger partial charge in [0.05, 0.1) is 5.60 Å². The minimum absolute atomic E-state index is 0.412. The second-order valence-corrected chi connectivity index (χ2v) is 4.37. The quantitative estimate of drug-likeness (QED) is 0.570. The van der Waals surface area contributed by atoms with Crippen LogP contribution in [-0.2, 0) is 0 Å². The summed E-state index contributed by atoms with van der Waals surface area (Å²) in [4.78, 5) is 0. The molecule has 0 saturated heterocycles. The summed E-state index contributed by atoms with van der Waals surface area (Å²) in [6.07, 6.45) is 9.70. The molecule has 0 aliphatic rings. The maximum absolute atomic E-state index is 9.73. The average molecular weight is 186 g/mol. The maximum atomic E-state index is 9.73. The molecule has 1 nitrogen and oxygen atoms in total. The van der Waals surface area contributed by atoms with Gasteiger partial charge in [-0.3, -0.25) is 0 Å². The molecule has 0 fully saturated rings. The Hall–Kier alpha value is -0.0400. The van der Waals surface area contributed by atoms with E-state index in [-0.39, 0.29) is 0 Å². The van der Waals surface area contributed by atoms with Gasteiger partial charge in [0, 0.05) is 0 Å². The van der Waals surface area contributed by atoms with Crippen LogP contribution in [0.4, 0.5) is 0 Å². The van der Waals surface area contributed by atoms with E-state index in [9.17, 15) is 5.11 Å². The first-order chi connectivity index (χ1) is 6.12. The molecular formula is C12H26O. The molecule has 0 aromatic rings. The molecule has 0 aromatic carbocycles. The molecular weight excluding hydrogens is 160 g/mol. The number of hydrogen-bond donors (Lipinski definition) is 1. The molecule has 1 N–H and O–H groups in total. The van der Waals surface area contributed by atoms with Gasteiger partial charge in [0.1, 0.15) is 0 Å². The van der Waals surface area contributed by atoms with Gasteiger partial charge in [0.25, 0.3) is 0 Å². The smallest absolute Gasteiger partial charge is 0.0617 e. The molecule has 0 amide bonds. The van der Waals surface area contributed by atoms with Crippen molar-refractivity contribution in [2.75, 3.05) is 0 Å². The van der Waals surface area contributed by atoms with E-state index in [0.29, 0.717) is 0 Å². The summed E-state index contributed by atoms with van der Waals surface area (Å²) in [6, 6.07) is 0. The topological polar surface area (TPSA) is 20.2 Å². The van der Waals surface area contributed by atoms with Crippen molar-refractivity contribution >= 4 is 0 Å². The van der Waals surface area contributed by atoms with Crippen LogP contribution in [0.2, 0.25) is 0 Å². The molecule has 1 heteroatoms. The standard InChI is InChI=1S/C12H26O/c1-4-6-7-8-9-10-11-12(3,13)5-2/h13H,4-11H2,1-3H3. The average Bonchev–Trinajstić information content (AvgIpc) is 2.11. The zero-order valence-corrected chi connectivity index (χ0v) is 9.60. The lowest BCUT2D eigenvalue weighted by molar-refractivity contribution is 0.0442. The summed E-state index contributed by atoms with van der Waals surface area (Å²) in [5.74, 6) is 0. The van der Waals surface area contributed by atoms with Crippen LogP contribution < -0.4 is 0 Å². The van der Waals surface area contributed by atoms with E-state index in [4.69, 9.17) is 0 Å². The SMILES string of the molecule is CCCCCCCCC(C)(O)CC. The van der Waals surface area contributed by atoms with E-state index >= 15 is 0 Å². The van der Waals surface area contributed by atoms with Gasteiger partial charge in [0.2, 0.25) is 0 Å². The molecule has 0 saturated carbocycles. The Morgan fingerprint density at radius 3 is 2.00 bits per heavy atom. The van der Waals surface area contributed by atoms with Crippen LogP contribution in [0, 0.1) is 0 Å². The van der Waals surface area contributed by atoms with Gasteiger partial charge in [-0.05, 0) is 19.8 Å². The highest BCUT2D eigenvalue weighted by atomic mass is 16.3. The largest absolute Gasteiger partial charge is 0.390 e. The van der Waals surface area contributed by atoms with Gasteiger partial charge < -0.3 is 5.11 Å². The Morgan fingerprint density at radius 2 is 1.46 bits per heavy atom. The van der Waals surface area contributed by atoms with Gasteiger partial charge in [-0.2, -0.15) is 0 Å². The fraction of sp³-hybridized carbons (Fsp3) is 1.00. The summed E-state index contributed by atoms with van der Waals surface area (Å²) in [5, 5.41) is 9.73. The molecule has 0 rings (SSSR count).